The number of carbonyl (C=O) groups excluding carboxylic acids is 1. The molecule has 0 saturated heterocycles. The van der Waals surface area contributed by atoms with Gasteiger partial charge in [0.15, 0.2) is 15.6 Å². The molecule has 0 unspecified atom stereocenters. The Morgan fingerprint density at radius 1 is 1.15 bits per heavy atom. The Morgan fingerprint density at radius 2 is 1.81 bits per heavy atom. The largest absolute Gasteiger partial charge is 0.451 e. The fourth-order valence-corrected chi connectivity index (χ4v) is 4.42. The van der Waals surface area contributed by atoms with Gasteiger partial charge < -0.3 is 9.73 Å². The summed E-state index contributed by atoms with van der Waals surface area (Å²) >= 11 is 3.42. The van der Waals surface area contributed by atoms with Crippen LogP contribution in [0.5, 0.6) is 0 Å². The summed E-state index contributed by atoms with van der Waals surface area (Å²) in [7, 11) is -3.32. The Bertz CT molecular complexity index is 1130. The van der Waals surface area contributed by atoms with E-state index in [9.17, 15) is 13.2 Å². The number of carbonyl (C=O) groups is 1. The summed E-state index contributed by atoms with van der Waals surface area (Å²) in [6, 6.07) is 14.9. The Balaban J connectivity index is 1.70. The van der Waals surface area contributed by atoms with E-state index in [2.05, 4.69) is 21.2 Å². The van der Waals surface area contributed by atoms with Crippen LogP contribution in [0, 0.1) is 0 Å². The number of furan rings is 1. The average molecular weight is 448 g/mol. The van der Waals surface area contributed by atoms with E-state index in [1.54, 1.807) is 24.3 Å². The maximum Gasteiger partial charge on any atom is 0.288 e. The number of halogens is 1. The fraction of sp³-hybridized carbons (Fsp3) is 0.250. The predicted octanol–water partition coefficient (Wildman–Crippen LogP) is 4.16. The minimum Gasteiger partial charge on any atom is -0.451 e. The maximum absolute atomic E-state index is 13.0. The lowest BCUT2D eigenvalue weighted by Gasteiger charge is -2.17. The minimum atomic E-state index is -3.32. The SMILES string of the molecule is CS(=O)(=O)Cc1c(C(=O)NC2(c3ccc(Br)cc3)CC2)oc2ccccc12. The number of hydrogen-bond acceptors (Lipinski definition) is 4. The van der Waals surface area contributed by atoms with Gasteiger partial charge in [0.25, 0.3) is 5.91 Å². The second kappa shape index (κ2) is 6.49. The van der Waals surface area contributed by atoms with Crippen LogP contribution < -0.4 is 5.32 Å². The van der Waals surface area contributed by atoms with Crippen LogP contribution in [0.15, 0.2) is 57.4 Å². The molecule has 3 aromatic rings. The lowest BCUT2D eigenvalue weighted by atomic mass is 10.0. The second-order valence-corrected chi connectivity index (χ2v) is 10.1. The molecule has 0 radical (unpaired) electrons. The zero-order valence-corrected chi connectivity index (χ0v) is 17.1. The molecule has 27 heavy (non-hydrogen) atoms. The molecule has 0 atom stereocenters. The molecule has 0 bridgehead atoms. The molecule has 2 aromatic carbocycles. The Labute approximate surface area is 165 Å². The van der Waals surface area contributed by atoms with Gasteiger partial charge in [-0.15, -0.1) is 0 Å². The van der Waals surface area contributed by atoms with Crippen LogP contribution in [0.3, 0.4) is 0 Å². The van der Waals surface area contributed by atoms with E-state index in [4.69, 9.17) is 4.42 Å². The summed E-state index contributed by atoms with van der Waals surface area (Å²) in [5.74, 6) is -0.548. The van der Waals surface area contributed by atoms with Gasteiger partial charge in [0.1, 0.15) is 5.58 Å². The van der Waals surface area contributed by atoms with Crippen molar-refractivity contribution in [2.24, 2.45) is 0 Å². The molecule has 1 heterocycles. The number of para-hydroxylation sites is 1. The van der Waals surface area contributed by atoms with E-state index in [0.717, 1.165) is 29.1 Å². The van der Waals surface area contributed by atoms with Crippen molar-refractivity contribution in [2.45, 2.75) is 24.1 Å². The number of hydrogen-bond donors (Lipinski definition) is 1. The third kappa shape index (κ3) is 3.66. The Morgan fingerprint density at radius 3 is 2.44 bits per heavy atom. The molecular formula is C20H18BrNO4S. The van der Waals surface area contributed by atoms with Gasteiger partial charge in [-0.2, -0.15) is 0 Å². The van der Waals surface area contributed by atoms with Gasteiger partial charge in [0.05, 0.1) is 11.3 Å². The number of rotatable bonds is 5. The normalized spacial score (nSPS) is 15.6. The van der Waals surface area contributed by atoms with Crippen molar-refractivity contribution < 1.29 is 17.6 Å². The van der Waals surface area contributed by atoms with Gasteiger partial charge in [0.2, 0.25) is 0 Å². The van der Waals surface area contributed by atoms with Crippen molar-refractivity contribution in [1.29, 1.82) is 0 Å². The topological polar surface area (TPSA) is 76.4 Å². The van der Waals surface area contributed by atoms with Crippen molar-refractivity contribution in [1.82, 2.24) is 5.32 Å². The van der Waals surface area contributed by atoms with Crippen molar-refractivity contribution in [3.63, 3.8) is 0 Å². The molecular weight excluding hydrogens is 430 g/mol. The van der Waals surface area contributed by atoms with E-state index in [1.165, 1.54) is 0 Å². The molecule has 1 fully saturated rings. The monoisotopic (exact) mass is 447 g/mol. The molecule has 4 rings (SSSR count). The van der Waals surface area contributed by atoms with E-state index < -0.39 is 15.4 Å². The molecule has 140 valence electrons. The maximum atomic E-state index is 13.0. The summed E-state index contributed by atoms with van der Waals surface area (Å²) < 4.78 is 30.5. The van der Waals surface area contributed by atoms with E-state index in [-0.39, 0.29) is 17.4 Å². The molecule has 0 spiro atoms. The molecule has 1 N–H and O–H groups in total. The smallest absolute Gasteiger partial charge is 0.288 e. The molecule has 7 heteroatoms. The quantitative estimate of drug-likeness (QED) is 0.636. The lowest BCUT2D eigenvalue weighted by molar-refractivity contribution is 0.0904. The third-order valence-corrected chi connectivity index (χ3v) is 6.15. The van der Waals surface area contributed by atoms with Crippen molar-refractivity contribution in [3.05, 3.63) is 69.9 Å². The van der Waals surface area contributed by atoms with Crippen LogP contribution in [-0.4, -0.2) is 20.6 Å². The van der Waals surface area contributed by atoms with Crippen LogP contribution in [0.2, 0.25) is 0 Å². The number of amides is 1. The molecule has 1 amide bonds. The molecule has 1 saturated carbocycles. The highest BCUT2D eigenvalue weighted by molar-refractivity contribution is 9.10. The summed E-state index contributed by atoms with van der Waals surface area (Å²) in [5, 5.41) is 3.72. The van der Waals surface area contributed by atoms with E-state index in [1.807, 2.05) is 24.3 Å². The molecule has 5 nitrogen and oxygen atoms in total. The minimum absolute atomic E-state index is 0.0741. The van der Waals surface area contributed by atoms with E-state index in [0.29, 0.717) is 16.5 Å². The number of sulfone groups is 1. The number of nitrogens with one attached hydrogen (secondary N) is 1. The van der Waals surface area contributed by atoms with Gasteiger partial charge in [-0.25, -0.2) is 8.42 Å². The third-order valence-electron chi connectivity index (χ3n) is 4.81. The highest BCUT2D eigenvalue weighted by Crippen LogP contribution is 2.46. The first-order valence-corrected chi connectivity index (χ1v) is 11.4. The van der Waals surface area contributed by atoms with Crippen molar-refractivity contribution in [2.75, 3.05) is 6.26 Å². The number of fused-ring (bicyclic) bond motifs is 1. The van der Waals surface area contributed by atoms with E-state index >= 15 is 0 Å². The Hall–Kier alpha value is -2.12. The average Bonchev–Trinajstić information content (AvgIpc) is 3.30. The molecule has 1 aromatic heterocycles. The van der Waals surface area contributed by atoms with Crippen molar-refractivity contribution in [3.8, 4) is 0 Å². The fourth-order valence-electron chi connectivity index (χ4n) is 3.34. The summed E-state index contributed by atoms with van der Waals surface area (Å²) in [5.41, 5.74) is 1.53. The van der Waals surface area contributed by atoms with Gasteiger partial charge >= 0.3 is 0 Å². The summed E-state index contributed by atoms with van der Waals surface area (Å²) in [4.78, 5) is 13.0. The van der Waals surface area contributed by atoms with Crippen LogP contribution in [-0.2, 0) is 21.1 Å². The highest BCUT2D eigenvalue weighted by Gasteiger charge is 2.46. The molecule has 0 aliphatic heterocycles. The van der Waals surface area contributed by atoms with Gasteiger partial charge in [0, 0.05) is 21.7 Å². The van der Waals surface area contributed by atoms with Gasteiger partial charge in [-0.1, -0.05) is 46.3 Å². The summed E-state index contributed by atoms with van der Waals surface area (Å²) in [6.45, 7) is 0. The van der Waals surface area contributed by atoms with Gasteiger partial charge in [-0.3, -0.25) is 4.79 Å². The van der Waals surface area contributed by atoms with Gasteiger partial charge in [-0.05, 0) is 36.6 Å². The molecule has 1 aliphatic rings. The standard InChI is InChI=1S/C20H18BrNO4S/c1-27(24,25)12-16-15-4-2-3-5-17(15)26-18(16)19(23)22-20(10-11-20)13-6-8-14(21)9-7-13/h2-9H,10-12H2,1H3,(H,22,23). The zero-order valence-electron chi connectivity index (χ0n) is 14.7. The first-order chi connectivity index (χ1) is 12.8. The van der Waals surface area contributed by atoms with Crippen LogP contribution in [0.25, 0.3) is 11.0 Å². The first kappa shape index (κ1) is 18.3. The van der Waals surface area contributed by atoms with Crippen LogP contribution >= 0.6 is 15.9 Å². The van der Waals surface area contributed by atoms with Crippen molar-refractivity contribution >= 4 is 42.6 Å². The Kier molecular flexibility index (Phi) is 4.39. The van der Waals surface area contributed by atoms with Crippen LogP contribution in [0.4, 0.5) is 0 Å². The van der Waals surface area contributed by atoms with Crippen LogP contribution in [0.1, 0.15) is 34.5 Å². The molecule has 1 aliphatic carbocycles. The summed E-state index contributed by atoms with van der Waals surface area (Å²) in [6.07, 6.45) is 2.82. The lowest BCUT2D eigenvalue weighted by Crippen LogP contribution is -2.35. The predicted molar refractivity (Wildman–Crippen MR) is 107 cm³/mol. The first-order valence-electron chi connectivity index (χ1n) is 8.54. The number of benzene rings is 2. The second-order valence-electron chi connectivity index (χ2n) is 7.02. The zero-order chi connectivity index (χ0) is 19.2. The highest BCUT2D eigenvalue weighted by atomic mass is 79.9.